The Morgan fingerprint density at radius 3 is 2.12 bits per heavy atom. The highest BCUT2D eigenvalue weighted by Crippen LogP contribution is 2.64. The molecular weight excluding hydrogens is 536 g/mol. The lowest BCUT2D eigenvalue weighted by molar-refractivity contribution is -0.263. The summed E-state index contributed by atoms with van der Waals surface area (Å²) in [6.07, 6.45) is 18.1. The topological polar surface area (TPSA) is 69.7 Å². The number of carbonyl (C=O) groups is 3. The van der Waals surface area contributed by atoms with Gasteiger partial charge in [0.05, 0.1) is 6.61 Å². The first kappa shape index (κ1) is 29.3. The van der Waals surface area contributed by atoms with Crippen molar-refractivity contribution in [2.24, 2.45) is 75.9 Å². The van der Waals surface area contributed by atoms with Crippen molar-refractivity contribution < 1.29 is 23.9 Å². The molecule has 0 radical (unpaired) electrons. The van der Waals surface area contributed by atoms with E-state index in [1.807, 2.05) is 7.11 Å². The Bertz CT molecular complexity index is 1160. The zero-order valence-corrected chi connectivity index (χ0v) is 27.1. The van der Waals surface area contributed by atoms with Gasteiger partial charge in [0.25, 0.3) is 0 Å². The van der Waals surface area contributed by atoms with Gasteiger partial charge in [0, 0.05) is 56.0 Å². The monoisotopic (exact) mass is 592 g/mol. The second-order valence-corrected chi connectivity index (χ2v) is 17.5. The molecule has 0 aromatic rings. The number of methoxy groups -OCH3 is 1. The van der Waals surface area contributed by atoms with Crippen LogP contribution in [0.15, 0.2) is 0 Å². The van der Waals surface area contributed by atoms with E-state index in [4.69, 9.17) is 9.47 Å². The van der Waals surface area contributed by atoms with Gasteiger partial charge in [0.2, 0.25) is 0 Å². The average Bonchev–Trinajstić information content (AvgIpc) is 3.46. The van der Waals surface area contributed by atoms with Gasteiger partial charge in [-0.25, -0.2) is 0 Å². The van der Waals surface area contributed by atoms with E-state index in [0.29, 0.717) is 65.4 Å². The quantitative estimate of drug-likeness (QED) is 0.315. The summed E-state index contributed by atoms with van der Waals surface area (Å²) in [7, 11) is 1.83. The number of ketones is 3. The third kappa shape index (κ3) is 4.39. The highest BCUT2D eigenvalue weighted by molar-refractivity contribution is 5.89. The van der Waals surface area contributed by atoms with Crippen molar-refractivity contribution in [1.82, 2.24) is 0 Å². The summed E-state index contributed by atoms with van der Waals surface area (Å²) < 4.78 is 13.1. The summed E-state index contributed by atoms with van der Waals surface area (Å²) in [4.78, 5) is 39.0. The van der Waals surface area contributed by atoms with Crippen molar-refractivity contribution >= 4 is 17.3 Å². The molecule has 8 aliphatic rings. The molecule has 238 valence electrons. The molecule has 43 heavy (non-hydrogen) atoms. The minimum Gasteiger partial charge on any atom is -0.353 e. The smallest absolute Gasteiger partial charge is 0.168 e. The third-order valence-electron chi connectivity index (χ3n) is 16.2. The van der Waals surface area contributed by atoms with Gasteiger partial charge >= 0.3 is 0 Å². The van der Waals surface area contributed by atoms with Crippen molar-refractivity contribution in [3.63, 3.8) is 0 Å². The van der Waals surface area contributed by atoms with E-state index >= 15 is 0 Å². The van der Waals surface area contributed by atoms with Gasteiger partial charge in [0.15, 0.2) is 5.79 Å². The van der Waals surface area contributed by atoms with Crippen molar-refractivity contribution in [2.75, 3.05) is 13.7 Å². The fraction of sp³-hybridized carbons (Fsp3) is 0.921. The van der Waals surface area contributed by atoms with E-state index < -0.39 is 5.79 Å². The fourth-order valence-corrected chi connectivity index (χ4v) is 14.0. The lowest BCUT2D eigenvalue weighted by atomic mass is 9.50. The van der Waals surface area contributed by atoms with Crippen molar-refractivity contribution in [2.45, 2.75) is 129 Å². The highest BCUT2D eigenvalue weighted by atomic mass is 16.7. The maximum Gasteiger partial charge on any atom is 0.168 e. The van der Waals surface area contributed by atoms with Crippen molar-refractivity contribution in [3.8, 4) is 0 Å². The Balaban J connectivity index is 0.922. The summed E-state index contributed by atoms with van der Waals surface area (Å²) in [6.45, 7) is 5.09. The number of hydrogen-bond acceptors (Lipinski definition) is 5. The zero-order valence-electron chi connectivity index (χ0n) is 27.1. The predicted octanol–water partition coefficient (Wildman–Crippen LogP) is 7.58. The standard InChI is InChI=1S/C38H56O5/c1-36-15-12-29-27-14-17-38(42-3,20-23(27)5-8-30(29)32(36)10-11-34(36)40)43-21-24-19-33-31-7-4-22-18-25(39)6-9-26(22)28(31)13-16-37(33,2)35(24)41/h22-24,26-33H,4-21H2,1-3H3/t22-,23-,24?,26+,27+,28-,29-,30-,31-,32+,33+,36+,37+,38?/m1/s1. The Hall–Kier alpha value is -1.07. The van der Waals surface area contributed by atoms with Gasteiger partial charge in [0.1, 0.15) is 17.3 Å². The Labute approximate surface area is 259 Å². The molecule has 8 saturated carbocycles. The molecule has 14 atom stereocenters. The minimum absolute atomic E-state index is 0.00387. The molecule has 0 aromatic heterocycles. The summed E-state index contributed by atoms with van der Waals surface area (Å²) in [5.74, 6) is 7.57. The number of fused-ring (bicyclic) bond motifs is 10. The van der Waals surface area contributed by atoms with Crippen LogP contribution in [0, 0.1) is 75.9 Å². The number of hydrogen-bond donors (Lipinski definition) is 0. The molecule has 0 N–H and O–H groups in total. The van der Waals surface area contributed by atoms with Gasteiger partial charge in [-0.15, -0.1) is 0 Å². The summed E-state index contributed by atoms with van der Waals surface area (Å²) >= 11 is 0. The van der Waals surface area contributed by atoms with Gasteiger partial charge in [-0.1, -0.05) is 13.8 Å². The van der Waals surface area contributed by atoms with Gasteiger partial charge in [-0.2, -0.15) is 0 Å². The van der Waals surface area contributed by atoms with E-state index in [2.05, 4.69) is 13.8 Å². The van der Waals surface area contributed by atoms with E-state index in [1.165, 1.54) is 38.5 Å². The fourth-order valence-electron chi connectivity index (χ4n) is 14.0. The molecule has 0 spiro atoms. The molecule has 0 saturated heterocycles. The van der Waals surface area contributed by atoms with E-state index in [1.54, 1.807) is 0 Å². The maximum absolute atomic E-state index is 14.1. The van der Waals surface area contributed by atoms with Gasteiger partial charge in [-0.05, 0) is 136 Å². The number of carbonyl (C=O) groups excluding carboxylic acids is 3. The molecule has 0 aromatic carbocycles. The van der Waals surface area contributed by atoms with Crippen LogP contribution >= 0.6 is 0 Å². The van der Waals surface area contributed by atoms with Crippen LogP contribution in [0.3, 0.4) is 0 Å². The Kier molecular flexibility index (Phi) is 7.15. The molecule has 5 heteroatoms. The van der Waals surface area contributed by atoms with Gasteiger partial charge < -0.3 is 9.47 Å². The number of rotatable bonds is 4. The summed E-state index contributed by atoms with van der Waals surface area (Å²) in [6, 6.07) is 0. The molecule has 8 fully saturated rings. The molecule has 5 nitrogen and oxygen atoms in total. The van der Waals surface area contributed by atoms with Crippen LogP contribution in [-0.2, 0) is 23.9 Å². The van der Waals surface area contributed by atoms with E-state index in [0.717, 1.165) is 88.4 Å². The normalized spacial score (nSPS) is 54.2. The summed E-state index contributed by atoms with van der Waals surface area (Å²) in [5.41, 5.74) is -0.238. The van der Waals surface area contributed by atoms with Crippen LogP contribution in [0.1, 0.15) is 123 Å². The molecule has 2 unspecified atom stereocenters. The average molecular weight is 593 g/mol. The van der Waals surface area contributed by atoms with Crippen LogP contribution in [0.2, 0.25) is 0 Å². The highest BCUT2D eigenvalue weighted by Gasteiger charge is 2.61. The molecule has 0 bridgehead atoms. The van der Waals surface area contributed by atoms with Crippen LogP contribution in [-0.4, -0.2) is 36.9 Å². The lowest BCUT2D eigenvalue weighted by Gasteiger charge is -2.56. The first-order valence-corrected chi connectivity index (χ1v) is 18.4. The minimum atomic E-state index is -0.551. The maximum atomic E-state index is 14.1. The third-order valence-corrected chi connectivity index (χ3v) is 16.2. The summed E-state index contributed by atoms with van der Waals surface area (Å²) in [5, 5.41) is 0. The molecular formula is C38H56O5. The van der Waals surface area contributed by atoms with Crippen LogP contribution in [0.4, 0.5) is 0 Å². The molecule has 0 amide bonds. The van der Waals surface area contributed by atoms with Crippen molar-refractivity contribution in [1.29, 1.82) is 0 Å². The lowest BCUT2D eigenvalue weighted by Crippen LogP contribution is -2.52. The van der Waals surface area contributed by atoms with Crippen LogP contribution in [0.5, 0.6) is 0 Å². The Morgan fingerprint density at radius 1 is 0.674 bits per heavy atom. The van der Waals surface area contributed by atoms with Crippen LogP contribution < -0.4 is 0 Å². The molecule has 0 aliphatic heterocycles. The predicted molar refractivity (Wildman–Crippen MR) is 164 cm³/mol. The largest absolute Gasteiger partial charge is 0.353 e. The second-order valence-electron chi connectivity index (χ2n) is 17.5. The number of ether oxygens (including phenoxy) is 2. The first-order chi connectivity index (χ1) is 20.7. The SMILES string of the molecule is COC1(OCC2C[C@H]3[C@@H]4CC[C@@H]5CC(=O)CC[C@@H]5[C@H]4CC[C@]3(C)C2=O)CC[C@H]2[C@H](CC[C@@H]3[C@@H]2CC[C@]2(C)C(=O)CC[C@@H]32)C1. The van der Waals surface area contributed by atoms with Gasteiger partial charge in [-0.3, -0.25) is 14.4 Å². The molecule has 8 rings (SSSR count). The van der Waals surface area contributed by atoms with Crippen LogP contribution in [0.25, 0.3) is 0 Å². The van der Waals surface area contributed by atoms with E-state index in [-0.39, 0.29) is 16.7 Å². The Morgan fingerprint density at radius 2 is 1.35 bits per heavy atom. The van der Waals surface area contributed by atoms with Crippen molar-refractivity contribution in [3.05, 3.63) is 0 Å². The first-order valence-electron chi connectivity index (χ1n) is 18.4. The zero-order chi connectivity index (χ0) is 29.7. The van der Waals surface area contributed by atoms with E-state index in [9.17, 15) is 14.4 Å². The molecule has 0 heterocycles. The second kappa shape index (κ2) is 10.5. The molecule has 8 aliphatic carbocycles. The number of Topliss-reactive ketones (excluding diaryl/α,β-unsaturated/α-hetero) is 3.